The summed E-state index contributed by atoms with van der Waals surface area (Å²) in [5.74, 6) is 2.59. The van der Waals surface area contributed by atoms with Crippen LogP contribution in [0.1, 0.15) is 26.7 Å². The molecule has 2 aliphatic heterocycles. The van der Waals surface area contributed by atoms with Gasteiger partial charge in [0.25, 0.3) is 0 Å². The van der Waals surface area contributed by atoms with E-state index in [4.69, 9.17) is 0 Å². The normalized spacial score (nSPS) is 30.1. The summed E-state index contributed by atoms with van der Waals surface area (Å²) < 4.78 is 0. The lowest BCUT2D eigenvalue weighted by Gasteiger charge is -2.41. The number of nitrogens with one attached hydrogen (secondary N) is 1. The van der Waals surface area contributed by atoms with Gasteiger partial charge in [0.1, 0.15) is 0 Å². The number of rotatable bonds is 1. The van der Waals surface area contributed by atoms with E-state index in [2.05, 4.69) is 24.1 Å². The molecule has 2 heterocycles. The van der Waals surface area contributed by atoms with E-state index in [-0.39, 0.29) is 5.41 Å². The van der Waals surface area contributed by atoms with Crippen LogP contribution < -0.4 is 5.32 Å². The highest BCUT2D eigenvalue weighted by atomic mass is 32.2. The van der Waals surface area contributed by atoms with Crippen LogP contribution in [0.25, 0.3) is 0 Å². The molecule has 0 bridgehead atoms. The monoisotopic (exact) mass is 242 g/mol. The lowest BCUT2D eigenvalue weighted by atomic mass is 9.79. The molecule has 92 valence electrons. The molecule has 1 amide bonds. The van der Waals surface area contributed by atoms with Gasteiger partial charge in [-0.25, -0.2) is 0 Å². The SMILES string of the molecule is CC1CSCCN1C(=O)C1(C)CCNCC1. The molecule has 0 spiro atoms. The smallest absolute Gasteiger partial charge is 0.228 e. The summed E-state index contributed by atoms with van der Waals surface area (Å²) in [5, 5.41) is 3.33. The predicted molar refractivity (Wildman–Crippen MR) is 68.7 cm³/mol. The molecule has 2 rings (SSSR count). The molecule has 4 heteroatoms. The predicted octanol–water partition coefficient (Wildman–Crippen LogP) is 1.34. The third-order valence-corrected chi connectivity index (χ3v) is 5.04. The summed E-state index contributed by atoms with van der Waals surface area (Å²) in [7, 11) is 0. The summed E-state index contributed by atoms with van der Waals surface area (Å²) in [6.07, 6.45) is 1.98. The molecule has 0 aliphatic carbocycles. The molecule has 1 N–H and O–H groups in total. The fourth-order valence-corrected chi connectivity index (χ4v) is 3.58. The zero-order valence-electron chi connectivity index (χ0n) is 10.3. The standard InChI is InChI=1S/C12H22N2OS/c1-10-9-16-8-7-14(10)11(15)12(2)3-5-13-6-4-12/h10,13H,3-9H2,1-2H3. The number of thioether (sulfide) groups is 1. The van der Waals surface area contributed by atoms with Gasteiger partial charge in [0.2, 0.25) is 5.91 Å². The van der Waals surface area contributed by atoms with Crippen LogP contribution in [-0.2, 0) is 4.79 Å². The topological polar surface area (TPSA) is 32.3 Å². The fraction of sp³-hybridized carbons (Fsp3) is 0.917. The second kappa shape index (κ2) is 4.96. The Labute approximate surface area is 102 Å². The van der Waals surface area contributed by atoms with Gasteiger partial charge in [-0.1, -0.05) is 6.92 Å². The maximum atomic E-state index is 12.6. The van der Waals surface area contributed by atoms with E-state index in [0.717, 1.165) is 44.0 Å². The van der Waals surface area contributed by atoms with Crippen molar-refractivity contribution in [2.24, 2.45) is 5.41 Å². The lowest BCUT2D eigenvalue weighted by Crippen LogP contribution is -2.53. The molecule has 16 heavy (non-hydrogen) atoms. The van der Waals surface area contributed by atoms with Crippen LogP contribution >= 0.6 is 11.8 Å². The van der Waals surface area contributed by atoms with Crippen molar-refractivity contribution in [1.29, 1.82) is 0 Å². The molecule has 2 saturated heterocycles. The van der Waals surface area contributed by atoms with Gasteiger partial charge in [-0.05, 0) is 32.9 Å². The largest absolute Gasteiger partial charge is 0.338 e. The lowest BCUT2D eigenvalue weighted by molar-refractivity contribution is -0.144. The molecule has 0 radical (unpaired) electrons. The minimum atomic E-state index is -0.110. The Hall–Kier alpha value is -0.220. The molecule has 2 fully saturated rings. The summed E-state index contributed by atoms with van der Waals surface area (Å²) >= 11 is 1.96. The van der Waals surface area contributed by atoms with Gasteiger partial charge in [0.05, 0.1) is 0 Å². The first-order valence-electron chi connectivity index (χ1n) is 6.23. The second-order valence-electron chi connectivity index (χ2n) is 5.23. The summed E-state index contributed by atoms with van der Waals surface area (Å²) in [6, 6.07) is 0.415. The minimum absolute atomic E-state index is 0.110. The number of nitrogens with zero attached hydrogens (tertiary/aromatic N) is 1. The van der Waals surface area contributed by atoms with Gasteiger partial charge in [-0.2, -0.15) is 11.8 Å². The number of hydrogen-bond donors (Lipinski definition) is 1. The Morgan fingerprint density at radius 1 is 1.44 bits per heavy atom. The summed E-state index contributed by atoms with van der Waals surface area (Å²) in [4.78, 5) is 14.7. The van der Waals surface area contributed by atoms with Crippen molar-refractivity contribution in [2.75, 3.05) is 31.1 Å². The van der Waals surface area contributed by atoms with Gasteiger partial charge >= 0.3 is 0 Å². The van der Waals surface area contributed by atoms with E-state index < -0.39 is 0 Å². The van der Waals surface area contributed by atoms with Gasteiger partial charge in [0, 0.05) is 29.5 Å². The molecule has 0 aromatic rings. The van der Waals surface area contributed by atoms with Crippen LogP contribution in [0, 0.1) is 5.41 Å². The van der Waals surface area contributed by atoms with E-state index >= 15 is 0 Å². The highest BCUT2D eigenvalue weighted by molar-refractivity contribution is 7.99. The first-order valence-corrected chi connectivity index (χ1v) is 7.38. The van der Waals surface area contributed by atoms with Crippen LogP contribution in [0.5, 0.6) is 0 Å². The average molecular weight is 242 g/mol. The van der Waals surface area contributed by atoms with Crippen molar-refractivity contribution >= 4 is 17.7 Å². The Morgan fingerprint density at radius 2 is 2.12 bits per heavy atom. The van der Waals surface area contributed by atoms with E-state index in [1.165, 1.54) is 0 Å². The van der Waals surface area contributed by atoms with Crippen molar-refractivity contribution in [3.8, 4) is 0 Å². The number of hydrogen-bond acceptors (Lipinski definition) is 3. The Morgan fingerprint density at radius 3 is 2.75 bits per heavy atom. The molecule has 1 unspecified atom stereocenters. The first kappa shape index (κ1) is 12.2. The number of carbonyl (C=O) groups excluding carboxylic acids is 1. The van der Waals surface area contributed by atoms with Crippen LogP contribution in [0.2, 0.25) is 0 Å². The fourth-order valence-electron chi connectivity index (χ4n) is 2.57. The molecule has 1 atom stereocenters. The summed E-state index contributed by atoms with van der Waals surface area (Å²) in [5.41, 5.74) is -0.110. The molecule has 2 aliphatic rings. The van der Waals surface area contributed by atoms with Crippen LogP contribution in [-0.4, -0.2) is 48.0 Å². The number of amides is 1. The van der Waals surface area contributed by atoms with Gasteiger partial charge in [0.15, 0.2) is 0 Å². The molecule has 0 saturated carbocycles. The van der Waals surface area contributed by atoms with Crippen molar-refractivity contribution in [3.05, 3.63) is 0 Å². The highest BCUT2D eigenvalue weighted by Crippen LogP contribution is 2.32. The van der Waals surface area contributed by atoms with Gasteiger partial charge < -0.3 is 10.2 Å². The first-order chi connectivity index (χ1) is 7.63. The van der Waals surface area contributed by atoms with Crippen molar-refractivity contribution < 1.29 is 4.79 Å². The zero-order valence-corrected chi connectivity index (χ0v) is 11.1. The average Bonchev–Trinajstić information content (AvgIpc) is 2.30. The van der Waals surface area contributed by atoms with Crippen LogP contribution in [0.3, 0.4) is 0 Å². The van der Waals surface area contributed by atoms with Crippen molar-refractivity contribution in [1.82, 2.24) is 10.2 Å². The Balaban J connectivity index is 2.04. The van der Waals surface area contributed by atoms with E-state index in [0.29, 0.717) is 11.9 Å². The molecular weight excluding hydrogens is 220 g/mol. The molecular formula is C12H22N2OS. The zero-order chi connectivity index (χ0) is 11.6. The van der Waals surface area contributed by atoms with Crippen LogP contribution in [0.4, 0.5) is 0 Å². The Kier molecular flexibility index (Phi) is 3.80. The van der Waals surface area contributed by atoms with E-state index in [1.807, 2.05) is 11.8 Å². The third-order valence-electron chi connectivity index (χ3n) is 3.85. The second-order valence-corrected chi connectivity index (χ2v) is 6.38. The van der Waals surface area contributed by atoms with Crippen molar-refractivity contribution in [3.63, 3.8) is 0 Å². The van der Waals surface area contributed by atoms with Crippen LogP contribution in [0.15, 0.2) is 0 Å². The van der Waals surface area contributed by atoms with Gasteiger partial charge in [-0.3, -0.25) is 4.79 Å². The quantitative estimate of drug-likeness (QED) is 0.753. The maximum absolute atomic E-state index is 12.6. The highest BCUT2D eigenvalue weighted by Gasteiger charge is 2.39. The maximum Gasteiger partial charge on any atom is 0.228 e. The Bertz CT molecular complexity index is 264. The van der Waals surface area contributed by atoms with Gasteiger partial charge in [-0.15, -0.1) is 0 Å². The van der Waals surface area contributed by atoms with E-state index in [9.17, 15) is 4.79 Å². The van der Waals surface area contributed by atoms with Crippen molar-refractivity contribution in [2.45, 2.75) is 32.7 Å². The van der Waals surface area contributed by atoms with E-state index in [1.54, 1.807) is 0 Å². The number of carbonyl (C=O) groups is 1. The molecule has 3 nitrogen and oxygen atoms in total. The molecule has 0 aromatic heterocycles. The summed E-state index contributed by atoms with van der Waals surface area (Å²) in [6.45, 7) is 7.23. The number of piperidine rings is 1. The molecule has 0 aromatic carbocycles. The third kappa shape index (κ3) is 2.38. The minimum Gasteiger partial charge on any atom is -0.338 e.